The standard InChI is InChI=1S/C8H4ClFN2O/c9-6-2-4(10)1-5-7(6)11-3-12-8(5)13/h1-3H,(H,11,12,13). The quantitative estimate of drug-likeness (QED) is 0.701. The summed E-state index contributed by atoms with van der Waals surface area (Å²) in [5.74, 6) is -0.545. The summed E-state index contributed by atoms with van der Waals surface area (Å²) in [7, 11) is 0. The third-order valence-electron chi connectivity index (χ3n) is 1.66. The number of nitrogens with one attached hydrogen (secondary N) is 1. The summed E-state index contributed by atoms with van der Waals surface area (Å²) in [4.78, 5) is 17.3. The fourth-order valence-electron chi connectivity index (χ4n) is 1.10. The Morgan fingerprint density at radius 2 is 2.23 bits per heavy atom. The first-order chi connectivity index (χ1) is 6.18. The van der Waals surface area contributed by atoms with Gasteiger partial charge in [0.1, 0.15) is 5.82 Å². The summed E-state index contributed by atoms with van der Waals surface area (Å²) in [5.41, 5.74) is -0.0850. The first-order valence-electron chi connectivity index (χ1n) is 3.51. The van der Waals surface area contributed by atoms with Crippen molar-refractivity contribution >= 4 is 22.5 Å². The maximum atomic E-state index is 12.8. The van der Waals surface area contributed by atoms with E-state index in [0.29, 0.717) is 5.52 Å². The summed E-state index contributed by atoms with van der Waals surface area (Å²) in [6.07, 6.45) is 1.23. The van der Waals surface area contributed by atoms with Gasteiger partial charge in [0.25, 0.3) is 5.56 Å². The van der Waals surface area contributed by atoms with Gasteiger partial charge in [-0.25, -0.2) is 9.37 Å². The minimum absolute atomic E-state index is 0.140. The molecule has 66 valence electrons. The lowest BCUT2D eigenvalue weighted by atomic mass is 10.2. The van der Waals surface area contributed by atoms with Crippen LogP contribution in [0.4, 0.5) is 4.39 Å². The number of halogens is 2. The number of H-pyrrole nitrogens is 1. The molecule has 13 heavy (non-hydrogen) atoms. The zero-order valence-corrected chi connectivity index (χ0v) is 7.10. The van der Waals surface area contributed by atoms with Gasteiger partial charge in [-0.1, -0.05) is 11.6 Å². The minimum atomic E-state index is -0.545. The Hall–Kier alpha value is -1.42. The number of benzene rings is 1. The second kappa shape index (κ2) is 2.81. The maximum absolute atomic E-state index is 12.8. The van der Waals surface area contributed by atoms with Gasteiger partial charge in [0.05, 0.1) is 22.3 Å². The van der Waals surface area contributed by atoms with Gasteiger partial charge < -0.3 is 4.98 Å². The highest BCUT2D eigenvalue weighted by Gasteiger charge is 2.05. The molecular formula is C8H4ClFN2O. The molecule has 1 N–H and O–H groups in total. The fraction of sp³-hybridized carbons (Fsp3) is 0. The Balaban J connectivity index is 3.03. The Labute approximate surface area is 77.2 Å². The molecule has 0 amide bonds. The molecule has 0 aliphatic rings. The molecule has 0 bridgehead atoms. The number of fused-ring (bicyclic) bond motifs is 1. The van der Waals surface area contributed by atoms with Crippen LogP contribution < -0.4 is 5.56 Å². The highest BCUT2D eigenvalue weighted by Crippen LogP contribution is 2.19. The van der Waals surface area contributed by atoms with Crippen molar-refractivity contribution in [2.45, 2.75) is 0 Å². The van der Waals surface area contributed by atoms with Gasteiger partial charge in [0.15, 0.2) is 0 Å². The Bertz CT molecular complexity index is 523. The van der Waals surface area contributed by atoms with E-state index in [0.717, 1.165) is 12.1 Å². The average Bonchev–Trinajstić information content (AvgIpc) is 2.07. The van der Waals surface area contributed by atoms with E-state index in [1.165, 1.54) is 6.33 Å². The predicted molar refractivity (Wildman–Crippen MR) is 47.3 cm³/mol. The Morgan fingerprint density at radius 1 is 1.46 bits per heavy atom. The van der Waals surface area contributed by atoms with E-state index >= 15 is 0 Å². The average molecular weight is 199 g/mol. The van der Waals surface area contributed by atoms with Crippen LogP contribution in [0.25, 0.3) is 10.9 Å². The molecule has 0 radical (unpaired) electrons. The highest BCUT2D eigenvalue weighted by molar-refractivity contribution is 6.34. The van der Waals surface area contributed by atoms with Crippen LogP contribution in [0.2, 0.25) is 5.02 Å². The number of aromatic nitrogens is 2. The van der Waals surface area contributed by atoms with Crippen molar-refractivity contribution in [2.75, 3.05) is 0 Å². The zero-order valence-electron chi connectivity index (χ0n) is 6.34. The summed E-state index contributed by atoms with van der Waals surface area (Å²) < 4.78 is 12.8. The molecule has 1 aromatic carbocycles. The van der Waals surface area contributed by atoms with Gasteiger partial charge in [0.2, 0.25) is 0 Å². The normalized spacial score (nSPS) is 10.6. The number of hydrogen-bond acceptors (Lipinski definition) is 2. The third kappa shape index (κ3) is 1.29. The minimum Gasteiger partial charge on any atom is -0.313 e. The van der Waals surface area contributed by atoms with Crippen LogP contribution >= 0.6 is 11.6 Å². The van der Waals surface area contributed by atoms with E-state index in [1.807, 2.05) is 0 Å². The van der Waals surface area contributed by atoms with E-state index in [1.54, 1.807) is 0 Å². The SMILES string of the molecule is O=c1[nH]cnc2c(Cl)cc(F)cc12. The molecular weight excluding hydrogens is 195 g/mol. The van der Waals surface area contributed by atoms with Crippen molar-refractivity contribution in [3.8, 4) is 0 Å². The van der Waals surface area contributed by atoms with Crippen LogP contribution in [-0.2, 0) is 0 Å². The van der Waals surface area contributed by atoms with Crippen LogP contribution in [0.5, 0.6) is 0 Å². The molecule has 1 heterocycles. The molecule has 2 rings (SSSR count). The van der Waals surface area contributed by atoms with E-state index in [-0.39, 0.29) is 10.4 Å². The molecule has 2 aromatic rings. The molecule has 0 fully saturated rings. The molecule has 5 heteroatoms. The Kier molecular flexibility index (Phi) is 1.77. The van der Waals surface area contributed by atoms with Gasteiger partial charge in [-0.15, -0.1) is 0 Å². The molecule has 0 aliphatic carbocycles. The number of hydrogen-bond donors (Lipinski definition) is 1. The monoisotopic (exact) mass is 198 g/mol. The molecule has 0 saturated carbocycles. The number of nitrogens with zero attached hydrogens (tertiary/aromatic N) is 1. The molecule has 0 unspecified atom stereocenters. The third-order valence-corrected chi connectivity index (χ3v) is 1.95. The summed E-state index contributed by atoms with van der Waals surface area (Å²) in [5, 5.41) is 0.300. The van der Waals surface area contributed by atoms with Crippen LogP contribution in [0.3, 0.4) is 0 Å². The van der Waals surface area contributed by atoms with Crippen molar-refractivity contribution in [3.63, 3.8) is 0 Å². The van der Waals surface area contributed by atoms with Crippen LogP contribution in [0, 0.1) is 5.82 Å². The fourth-order valence-corrected chi connectivity index (χ4v) is 1.36. The van der Waals surface area contributed by atoms with Crippen molar-refractivity contribution < 1.29 is 4.39 Å². The zero-order chi connectivity index (χ0) is 9.42. The largest absolute Gasteiger partial charge is 0.313 e. The molecule has 0 spiro atoms. The van der Waals surface area contributed by atoms with Crippen molar-refractivity contribution in [1.29, 1.82) is 0 Å². The lowest BCUT2D eigenvalue weighted by molar-refractivity contribution is 0.629. The highest BCUT2D eigenvalue weighted by atomic mass is 35.5. The van der Waals surface area contributed by atoms with Gasteiger partial charge in [-0.05, 0) is 12.1 Å². The molecule has 0 atom stereocenters. The summed E-state index contributed by atoms with van der Waals surface area (Å²) in [6, 6.07) is 2.23. The van der Waals surface area contributed by atoms with E-state index in [4.69, 9.17) is 11.6 Å². The van der Waals surface area contributed by atoms with Crippen LogP contribution in [0.1, 0.15) is 0 Å². The number of rotatable bonds is 0. The summed E-state index contributed by atoms with van der Waals surface area (Å²) >= 11 is 5.68. The first-order valence-corrected chi connectivity index (χ1v) is 3.89. The smallest absolute Gasteiger partial charge is 0.258 e. The van der Waals surface area contributed by atoms with Gasteiger partial charge >= 0.3 is 0 Å². The van der Waals surface area contributed by atoms with Gasteiger partial charge in [-0.2, -0.15) is 0 Å². The van der Waals surface area contributed by atoms with E-state index in [9.17, 15) is 9.18 Å². The lowest BCUT2D eigenvalue weighted by Gasteiger charge is -1.97. The molecule has 0 aliphatic heterocycles. The van der Waals surface area contributed by atoms with Gasteiger partial charge in [-0.3, -0.25) is 4.79 Å². The van der Waals surface area contributed by atoms with E-state index < -0.39 is 11.4 Å². The molecule has 0 saturated heterocycles. The molecule has 1 aromatic heterocycles. The van der Waals surface area contributed by atoms with Crippen molar-refractivity contribution in [2.24, 2.45) is 0 Å². The van der Waals surface area contributed by atoms with E-state index in [2.05, 4.69) is 9.97 Å². The first kappa shape index (κ1) is 8.19. The maximum Gasteiger partial charge on any atom is 0.258 e. The topological polar surface area (TPSA) is 45.8 Å². The predicted octanol–water partition coefficient (Wildman–Crippen LogP) is 1.72. The second-order valence-corrected chi connectivity index (χ2v) is 2.92. The van der Waals surface area contributed by atoms with Gasteiger partial charge in [0, 0.05) is 0 Å². The second-order valence-electron chi connectivity index (χ2n) is 2.52. The molecule has 3 nitrogen and oxygen atoms in total. The van der Waals surface area contributed by atoms with Crippen molar-refractivity contribution in [3.05, 3.63) is 39.7 Å². The van der Waals surface area contributed by atoms with Crippen LogP contribution in [0.15, 0.2) is 23.3 Å². The number of aromatic amines is 1. The van der Waals surface area contributed by atoms with Crippen molar-refractivity contribution in [1.82, 2.24) is 9.97 Å². The lowest BCUT2D eigenvalue weighted by Crippen LogP contribution is -2.06. The van der Waals surface area contributed by atoms with Crippen LogP contribution in [-0.4, -0.2) is 9.97 Å². The summed E-state index contributed by atoms with van der Waals surface area (Å²) in [6.45, 7) is 0. The Morgan fingerprint density at radius 3 is 3.00 bits per heavy atom.